The third-order valence-corrected chi connectivity index (χ3v) is 1.27. The highest BCUT2D eigenvalue weighted by Gasteiger charge is 2.14. The largest absolute Gasteiger partial charge is 0.462 e. The van der Waals surface area contributed by atoms with Crippen LogP contribution in [0, 0.1) is 0 Å². The van der Waals surface area contributed by atoms with E-state index in [4.69, 9.17) is 4.55 Å². The van der Waals surface area contributed by atoms with Crippen LogP contribution in [0.2, 0.25) is 0 Å². The smallest absolute Gasteiger partial charge is 0.323 e. The molecule has 0 spiro atoms. The van der Waals surface area contributed by atoms with Crippen LogP contribution >= 0.6 is 0 Å². The minimum absolute atomic E-state index is 0.371. The molecule has 0 atom stereocenters. The fourth-order valence-corrected chi connectivity index (χ4v) is 0.812. The zero-order chi connectivity index (χ0) is 9.07. The highest BCUT2D eigenvalue weighted by Crippen LogP contribution is 1.91. The quantitative estimate of drug-likeness (QED) is 0.484. The third kappa shape index (κ3) is 7.27. The van der Waals surface area contributed by atoms with E-state index in [1.165, 1.54) is 0 Å². The molecule has 5 nitrogen and oxygen atoms in total. The lowest BCUT2D eigenvalue weighted by Gasteiger charge is -2.05. The van der Waals surface area contributed by atoms with Crippen molar-refractivity contribution in [2.24, 2.45) is 0 Å². The van der Waals surface area contributed by atoms with E-state index in [9.17, 15) is 13.2 Å². The second-order valence-electron chi connectivity index (χ2n) is 2.26. The summed E-state index contributed by atoms with van der Waals surface area (Å²) >= 11 is 0. The molecule has 0 unspecified atom stereocenters. The van der Waals surface area contributed by atoms with Gasteiger partial charge in [-0.05, 0) is 13.8 Å². The van der Waals surface area contributed by atoms with Gasteiger partial charge >= 0.3 is 5.97 Å². The Morgan fingerprint density at radius 2 is 2.00 bits per heavy atom. The van der Waals surface area contributed by atoms with E-state index in [1.54, 1.807) is 13.8 Å². The highest BCUT2D eigenvalue weighted by molar-refractivity contribution is 7.86. The molecule has 0 amide bonds. The van der Waals surface area contributed by atoms with Crippen molar-refractivity contribution in [2.75, 3.05) is 5.75 Å². The summed E-state index contributed by atoms with van der Waals surface area (Å²) in [6.45, 7) is 3.17. The maximum absolute atomic E-state index is 10.5. The number of esters is 1. The van der Waals surface area contributed by atoms with Crippen LogP contribution in [-0.4, -0.2) is 30.8 Å². The molecule has 0 radical (unpaired) electrons. The van der Waals surface area contributed by atoms with Crippen molar-refractivity contribution in [1.29, 1.82) is 0 Å². The molecular weight excluding hydrogens is 172 g/mol. The predicted molar refractivity (Wildman–Crippen MR) is 37.6 cm³/mol. The van der Waals surface area contributed by atoms with Crippen molar-refractivity contribution >= 4 is 16.1 Å². The van der Waals surface area contributed by atoms with Crippen LogP contribution in [0.25, 0.3) is 0 Å². The Bertz CT molecular complexity index is 227. The van der Waals surface area contributed by atoms with E-state index >= 15 is 0 Å². The molecule has 0 saturated heterocycles. The van der Waals surface area contributed by atoms with Gasteiger partial charge in [0, 0.05) is 0 Å². The molecule has 0 aromatic heterocycles. The third-order valence-electron chi connectivity index (χ3n) is 0.667. The monoisotopic (exact) mass is 182 g/mol. The van der Waals surface area contributed by atoms with Crippen molar-refractivity contribution in [2.45, 2.75) is 20.0 Å². The molecule has 0 aliphatic rings. The fourth-order valence-electron chi connectivity index (χ4n) is 0.446. The lowest BCUT2D eigenvalue weighted by Crippen LogP contribution is -2.20. The van der Waals surface area contributed by atoms with E-state index in [2.05, 4.69) is 4.74 Å². The molecule has 0 aliphatic heterocycles. The van der Waals surface area contributed by atoms with Crippen LogP contribution in [-0.2, 0) is 19.6 Å². The second kappa shape index (κ2) is 3.68. The Balaban J connectivity index is 3.91. The molecule has 0 bridgehead atoms. The van der Waals surface area contributed by atoms with Crippen LogP contribution in [0.4, 0.5) is 0 Å². The molecule has 0 heterocycles. The normalized spacial score (nSPS) is 11.6. The molecule has 6 heteroatoms. The summed E-state index contributed by atoms with van der Waals surface area (Å²) in [5.41, 5.74) is 0. The Kier molecular flexibility index (Phi) is 3.47. The summed E-state index contributed by atoms with van der Waals surface area (Å²) in [5.74, 6) is -1.92. The van der Waals surface area contributed by atoms with Gasteiger partial charge in [0.05, 0.1) is 6.10 Å². The van der Waals surface area contributed by atoms with Gasteiger partial charge in [-0.2, -0.15) is 8.42 Å². The Morgan fingerprint density at radius 1 is 1.55 bits per heavy atom. The first kappa shape index (κ1) is 10.4. The van der Waals surface area contributed by atoms with Crippen molar-refractivity contribution in [3.8, 4) is 0 Å². The molecule has 0 saturated carbocycles. The first-order valence-corrected chi connectivity index (χ1v) is 4.57. The van der Waals surface area contributed by atoms with Gasteiger partial charge in [0.1, 0.15) is 0 Å². The second-order valence-corrected chi connectivity index (χ2v) is 3.72. The maximum Gasteiger partial charge on any atom is 0.323 e. The lowest BCUT2D eigenvalue weighted by molar-refractivity contribution is -0.144. The number of carbonyl (C=O) groups is 1. The number of hydrogen-bond acceptors (Lipinski definition) is 4. The molecule has 11 heavy (non-hydrogen) atoms. The van der Waals surface area contributed by atoms with Crippen LogP contribution < -0.4 is 0 Å². The van der Waals surface area contributed by atoms with Gasteiger partial charge in [0.25, 0.3) is 10.1 Å². The van der Waals surface area contributed by atoms with Crippen LogP contribution in [0.5, 0.6) is 0 Å². The summed E-state index contributed by atoms with van der Waals surface area (Å²) in [7, 11) is -4.24. The standard InChI is InChI=1S/C5H10O5S/c1-4(2)10-5(6)3-11(7,8)9/h4H,3H2,1-2H3,(H,7,8,9). The zero-order valence-corrected chi connectivity index (χ0v) is 7.09. The SMILES string of the molecule is CC(C)OC(=O)CS(=O)(=O)O. The van der Waals surface area contributed by atoms with Gasteiger partial charge < -0.3 is 4.74 Å². The summed E-state index contributed by atoms with van der Waals surface area (Å²) < 4.78 is 32.8. The molecule has 1 N–H and O–H groups in total. The Morgan fingerprint density at radius 3 is 2.27 bits per heavy atom. The van der Waals surface area contributed by atoms with Crippen LogP contribution in [0.15, 0.2) is 0 Å². The van der Waals surface area contributed by atoms with Crippen molar-refractivity contribution < 1.29 is 22.5 Å². The van der Waals surface area contributed by atoms with Crippen LogP contribution in [0.3, 0.4) is 0 Å². The molecule has 0 rings (SSSR count). The molecule has 0 aliphatic carbocycles. The molecule has 66 valence electrons. The van der Waals surface area contributed by atoms with Crippen molar-refractivity contribution in [1.82, 2.24) is 0 Å². The highest BCUT2D eigenvalue weighted by atomic mass is 32.2. The van der Waals surface area contributed by atoms with Gasteiger partial charge in [-0.25, -0.2) is 0 Å². The number of carbonyl (C=O) groups excluding carboxylic acids is 1. The number of rotatable bonds is 3. The molecule has 0 aromatic rings. The van der Waals surface area contributed by atoms with E-state index in [0.717, 1.165) is 0 Å². The van der Waals surface area contributed by atoms with Gasteiger partial charge in [0.15, 0.2) is 5.75 Å². The van der Waals surface area contributed by atoms with Crippen molar-refractivity contribution in [3.63, 3.8) is 0 Å². The average molecular weight is 182 g/mol. The zero-order valence-electron chi connectivity index (χ0n) is 6.27. The first-order valence-electron chi connectivity index (χ1n) is 2.96. The molecule has 0 aromatic carbocycles. The first-order chi connectivity index (χ1) is 4.81. The summed E-state index contributed by atoms with van der Waals surface area (Å²) in [5, 5.41) is 0. The number of hydrogen-bond donors (Lipinski definition) is 1. The average Bonchev–Trinajstić information content (AvgIpc) is 1.53. The topological polar surface area (TPSA) is 80.7 Å². The maximum atomic E-state index is 10.5. The van der Waals surface area contributed by atoms with E-state index < -0.39 is 21.8 Å². The van der Waals surface area contributed by atoms with Gasteiger partial charge in [0.2, 0.25) is 0 Å². The van der Waals surface area contributed by atoms with Gasteiger partial charge in [-0.15, -0.1) is 0 Å². The van der Waals surface area contributed by atoms with E-state index in [-0.39, 0.29) is 6.10 Å². The van der Waals surface area contributed by atoms with Gasteiger partial charge in [-0.3, -0.25) is 9.35 Å². The Labute approximate surface area is 65.1 Å². The number of ether oxygens (including phenoxy) is 1. The summed E-state index contributed by atoms with van der Waals surface area (Å²) in [6, 6.07) is 0. The summed E-state index contributed by atoms with van der Waals surface area (Å²) in [4.78, 5) is 10.5. The fraction of sp³-hybridized carbons (Fsp3) is 0.800. The minimum Gasteiger partial charge on any atom is -0.462 e. The predicted octanol–water partition coefficient (Wildman–Crippen LogP) is -0.174. The Hall–Kier alpha value is -0.620. The van der Waals surface area contributed by atoms with E-state index in [0.29, 0.717) is 0 Å². The van der Waals surface area contributed by atoms with Gasteiger partial charge in [-0.1, -0.05) is 0 Å². The van der Waals surface area contributed by atoms with E-state index in [1.807, 2.05) is 0 Å². The summed E-state index contributed by atoms with van der Waals surface area (Å²) in [6.07, 6.45) is -0.371. The lowest BCUT2D eigenvalue weighted by atomic mass is 10.5. The van der Waals surface area contributed by atoms with Crippen LogP contribution in [0.1, 0.15) is 13.8 Å². The molecule has 0 fully saturated rings. The minimum atomic E-state index is -4.24. The molecular formula is C5H10O5S. The van der Waals surface area contributed by atoms with Crippen molar-refractivity contribution in [3.05, 3.63) is 0 Å².